The molecule has 0 aliphatic rings. The Kier molecular flexibility index (Phi) is 5.53. The fraction of sp³-hybridized carbons (Fsp3) is 0.214. The van der Waals surface area contributed by atoms with Gasteiger partial charge in [0.05, 0.1) is 5.02 Å². The lowest BCUT2D eigenvalue weighted by molar-refractivity contribution is -0.122. The quantitative estimate of drug-likeness (QED) is 0.760. The summed E-state index contributed by atoms with van der Waals surface area (Å²) in [6, 6.07) is 5.78. The minimum absolute atomic E-state index is 0.140. The van der Waals surface area contributed by atoms with Crippen LogP contribution >= 0.6 is 23.2 Å². The number of hydrogen-bond acceptors (Lipinski definition) is 5. The molecule has 1 heterocycles. The molecule has 1 aromatic heterocycles. The van der Waals surface area contributed by atoms with Gasteiger partial charge in [-0.05, 0) is 18.2 Å². The number of amides is 1. The molecule has 0 saturated heterocycles. The molecule has 8 nitrogen and oxygen atoms in total. The number of nitrogens with zero attached hydrogens (tertiary/aromatic N) is 2. The van der Waals surface area contributed by atoms with E-state index >= 15 is 0 Å². The van der Waals surface area contributed by atoms with Crippen LogP contribution in [0.25, 0.3) is 0 Å². The van der Waals surface area contributed by atoms with Gasteiger partial charge in [-0.2, -0.15) is 0 Å². The maximum absolute atomic E-state index is 11.8. The van der Waals surface area contributed by atoms with Crippen molar-refractivity contribution in [3.8, 4) is 5.75 Å². The van der Waals surface area contributed by atoms with Crippen LogP contribution in [0.4, 0.5) is 5.82 Å². The lowest BCUT2D eigenvalue weighted by Gasteiger charge is -2.13. The van der Waals surface area contributed by atoms with Gasteiger partial charge in [0, 0.05) is 25.2 Å². The van der Waals surface area contributed by atoms with Crippen molar-refractivity contribution in [3.63, 3.8) is 0 Å². The molecule has 0 spiro atoms. The largest absolute Gasteiger partial charge is 0.482 e. The first-order valence-electron chi connectivity index (χ1n) is 6.69. The van der Waals surface area contributed by atoms with Crippen LogP contribution in [-0.2, 0) is 18.9 Å². The Morgan fingerprint density at radius 2 is 1.88 bits per heavy atom. The van der Waals surface area contributed by atoms with Gasteiger partial charge in [-0.25, -0.2) is 4.79 Å². The van der Waals surface area contributed by atoms with E-state index in [0.717, 1.165) is 4.57 Å². The Labute approximate surface area is 146 Å². The third-order valence-corrected chi connectivity index (χ3v) is 3.64. The van der Waals surface area contributed by atoms with Crippen LogP contribution < -0.4 is 26.8 Å². The zero-order chi connectivity index (χ0) is 17.9. The summed E-state index contributed by atoms with van der Waals surface area (Å²) in [6.07, 6.45) is 0. The van der Waals surface area contributed by atoms with E-state index in [4.69, 9.17) is 27.9 Å². The molecule has 10 heteroatoms. The van der Waals surface area contributed by atoms with Crippen molar-refractivity contribution in [1.29, 1.82) is 0 Å². The highest BCUT2D eigenvalue weighted by Gasteiger charge is 2.09. The van der Waals surface area contributed by atoms with Crippen LogP contribution in [0.1, 0.15) is 0 Å². The van der Waals surface area contributed by atoms with E-state index in [0.29, 0.717) is 10.8 Å². The average molecular weight is 373 g/mol. The molecule has 0 aliphatic carbocycles. The van der Waals surface area contributed by atoms with Crippen molar-refractivity contribution in [1.82, 2.24) is 14.6 Å². The number of nitrogens with one attached hydrogen (secondary N) is 2. The Hall–Kier alpha value is -2.45. The molecule has 0 bridgehead atoms. The highest BCUT2D eigenvalue weighted by atomic mass is 35.5. The maximum Gasteiger partial charge on any atom is 0.332 e. The second kappa shape index (κ2) is 7.41. The number of ether oxygens (including phenoxy) is 1. The predicted octanol–water partition coefficient (Wildman–Crippen LogP) is 0.913. The first-order valence-corrected chi connectivity index (χ1v) is 7.45. The van der Waals surface area contributed by atoms with Crippen LogP contribution in [0.2, 0.25) is 10.0 Å². The van der Waals surface area contributed by atoms with Crippen LogP contribution in [0.3, 0.4) is 0 Å². The standard InChI is InChI=1S/C14H14Cl2N4O4/c1-19-11(6-13(22)20(2)14(19)23)17-18-12(21)7-24-10-4-3-8(15)5-9(10)16/h3-6,17H,7H2,1-2H3,(H,18,21). The van der Waals surface area contributed by atoms with Crippen molar-refractivity contribution >= 4 is 34.9 Å². The number of hydrogen-bond donors (Lipinski definition) is 2. The Balaban J connectivity index is 1.97. The third kappa shape index (κ3) is 4.09. The van der Waals surface area contributed by atoms with E-state index in [1.165, 1.54) is 36.9 Å². The van der Waals surface area contributed by atoms with Crippen LogP contribution in [0.5, 0.6) is 5.75 Å². The van der Waals surface area contributed by atoms with E-state index in [2.05, 4.69) is 10.9 Å². The minimum atomic E-state index is -0.533. The number of halogens is 2. The molecular formula is C14H14Cl2N4O4. The summed E-state index contributed by atoms with van der Waals surface area (Å²) in [4.78, 5) is 35.1. The molecule has 1 aromatic carbocycles. The van der Waals surface area contributed by atoms with E-state index in [9.17, 15) is 14.4 Å². The Morgan fingerprint density at radius 1 is 1.17 bits per heavy atom. The zero-order valence-corrected chi connectivity index (χ0v) is 14.3. The van der Waals surface area contributed by atoms with Gasteiger partial charge in [0.25, 0.3) is 11.5 Å². The lowest BCUT2D eigenvalue weighted by Crippen LogP contribution is -2.41. The molecule has 0 fully saturated rings. The number of benzene rings is 1. The monoisotopic (exact) mass is 372 g/mol. The van der Waals surface area contributed by atoms with Gasteiger partial charge >= 0.3 is 5.69 Å². The molecule has 2 rings (SSSR count). The van der Waals surface area contributed by atoms with E-state index < -0.39 is 17.2 Å². The lowest BCUT2D eigenvalue weighted by atomic mass is 10.3. The molecule has 2 N–H and O–H groups in total. The molecule has 0 unspecified atom stereocenters. The molecule has 0 aliphatic heterocycles. The Morgan fingerprint density at radius 3 is 2.54 bits per heavy atom. The van der Waals surface area contributed by atoms with Gasteiger partial charge in [-0.3, -0.25) is 29.6 Å². The number of anilines is 1. The number of aromatic nitrogens is 2. The summed E-state index contributed by atoms with van der Waals surface area (Å²) in [5, 5.41) is 0.724. The molecule has 0 atom stereocenters. The fourth-order valence-electron chi connectivity index (χ4n) is 1.76. The van der Waals surface area contributed by atoms with Crippen LogP contribution in [-0.4, -0.2) is 21.6 Å². The fourth-order valence-corrected chi connectivity index (χ4v) is 2.22. The van der Waals surface area contributed by atoms with Gasteiger partial charge in [0.15, 0.2) is 6.61 Å². The zero-order valence-electron chi connectivity index (χ0n) is 12.8. The Bertz CT molecular complexity index is 891. The van der Waals surface area contributed by atoms with E-state index in [1.54, 1.807) is 6.07 Å². The molecule has 128 valence electrons. The number of carbonyl (C=O) groups excluding carboxylic acids is 1. The molecule has 24 heavy (non-hydrogen) atoms. The highest BCUT2D eigenvalue weighted by molar-refractivity contribution is 6.35. The van der Waals surface area contributed by atoms with E-state index in [-0.39, 0.29) is 17.4 Å². The summed E-state index contributed by atoms with van der Waals surface area (Å²) in [6.45, 7) is -0.326. The summed E-state index contributed by atoms with van der Waals surface area (Å²) in [7, 11) is 2.82. The molecular weight excluding hydrogens is 359 g/mol. The summed E-state index contributed by atoms with van der Waals surface area (Å²) in [5.74, 6) is -0.0904. The number of rotatable bonds is 5. The van der Waals surface area contributed by atoms with E-state index in [1.807, 2.05) is 0 Å². The maximum atomic E-state index is 11.8. The van der Waals surface area contributed by atoms with Crippen LogP contribution in [0.15, 0.2) is 33.9 Å². The van der Waals surface area contributed by atoms with Gasteiger partial charge in [0.2, 0.25) is 0 Å². The second-order valence-electron chi connectivity index (χ2n) is 4.81. The van der Waals surface area contributed by atoms with Gasteiger partial charge < -0.3 is 4.74 Å². The number of carbonyl (C=O) groups is 1. The first-order chi connectivity index (χ1) is 11.3. The minimum Gasteiger partial charge on any atom is -0.482 e. The van der Waals surface area contributed by atoms with Gasteiger partial charge in [-0.15, -0.1) is 0 Å². The predicted molar refractivity (Wildman–Crippen MR) is 90.6 cm³/mol. The third-order valence-electron chi connectivity index (χ3n) is 3.11. The van der Waals surface area contributed by atoms with Gasteiger partial charge in [-0.1, -0.05) is 23.2 Å². The van der Waals surface area contributed by atoms with Crippen molar-refractivity contribution in [2.45, 2.75) is 0 Å². The van der Waals surface area contributed by atoms with Crippen molar-refractivity contribution < 1.29 is 9.53 Å². The molecule has 2 aromatic rings. The molecule has 1 amide bonds. The number of hydrazine groups is 1. The summed E-state index contributed by atoms with van der Waals surface area (Å²) >= 11 is 11.7. The van der Waals surface area contributed by atoms with Crippen molar-refractivity contribution in [2.24, 2.45) is 14.1 Å². The van der Waals surface area contributed by atoms with Crippen LogP contribution in [0, 0.1) is 0 Å². The smallest absolute Gasteiger partial charge is 0.332 e. The summed E-state index contributed by atoms with van der Waals surface area (Å²) < 4.78 is 7.38. The molecule has 0 radical (unpaired) electrons. The topological polar surface area (TPSA) is 94.4 Å². The van der Waals surface area contributed by atoms with Crippen molar-refractivity contribution in [2.75, 3.05) is 12.0 Å². The average Bonchev–Trinajstić information content (AvgIpc) is 2.54. The van der Waals surface area contributed by atoms with Gasteiger partial charge in [0.1, 0.15) is 11.6 Å². The first kappa shape index (κ1) is 17.9. The SMILES string of the molecule is Cn1c(NNC(=O)COc2ccc(Cl)cc2Cl)cc(=O)n(C)c1=O. The highest BCUT2D eigenvalue weighted by Crippen LogP contribution is 2.27. The summed E-state index contributed by atoms with van der Waals surface area (Å²) in [5.41, 5.74) is 3.80. The molecule has 0 saturated carbocycles. The normalized spacial score (nSPS) is 10.3. The van der Waals surface area contributed by atoms with Crippen molar-refractivity contribution in [3.05, 3.63) is 55.1 Å². The second-order valence-corrected chi connectivity index (χ2v) is 5.65.